The van der Waals surface area contributed by atoms with Crippen molar-refractivity contribution in [2.45, 2.75) is 19.4 Å². The van der Waals surface area contributed by atoms with Crippen molar-refractivity contribution in [2.75, 3.05) is 6.61 Å². The summed E-state index contributed by atoms with van der Waals surface area (Å²) in [6.07, 6.45) is -1.12. The summed E-state index contributed by atoms with van der Waals surface area (Å²) >= 11 is 3.31. The van der Waals surface area contributed by atoms with Crippen molar-refractivity contribution in [3.63, 3.8) is 0 Å². The Bertz CT molecular complexity index is 629. The first-order chi connectivity index (χ1) is 9.92. The minimum atomic E-state index is -1.12. The topological polar surface area (TPSA) is 84.6 Å². The maximum absolute atomic E-state index is 11.1. The number of carboxylic acid groups (broad SMARTS) is 1. The standard InChI is InChI=1S/C14H15BrN2O4/c1-9-11(15)12(17-21-9)20-8-14(2,16-13(18)19)10-6-4-3-5-7-10/h3-7,16H,8H2,1-2H3,(H,18,19). The van der Waals surface area contributed by atoms with Crippen LogP contribution in [0.1, 0.15) is 18.2 Å². The van der Waals surface area contributed by atoms with Crippen molar-refractivity contribution in [3.05, 3.63) is 46.1 Å². The molecule has 2 aromatic rings. The highest BCUT2D eigenvalue weighted by atomic mass is 79.9. The molecule has 112 valence electrons. The van der Waals surface area contributed by atoms with Crippen LogP contribution in [0.3, 0.4) is 0 Å². The minimum Gasteiger partial charge on any atom is -0.472 e. The van der Waals surface area contributed by atoms with Crippen LogP contribution in [-0.2, 0) is 5.54 Å². The largest absolute Gasteiger partial charge is 0.472 e. The van der Waals surface area contributed by atoms with Crippen LogP contribution in [0.4, 0.5) is 4.79 Å². The lowest BCUT2D eigenvalue weighted by Gasteiger charge is -2.29. The molecule has 0 bridgehead atoms. The monoisotopic (exact) mass is 354 g/mol. The van der Waals surface area contributed by atoms with Gasteiger partial charge in [-0.25, -0.2) is 4.79 Å². The second kappa shape index (κ2) is 6.17. The molecule has 0 saturated carbocycles. The van der Waals surface area contributed by atoms with E-state index in [1.54, 1.807) is 13.8 Å². The summed E-state index contributed by atoms with van der Waals surface area (Å²) in [5, 5.41) is 15.3. The van der Waals surface area contributed by atoms with Crippen molar-refractivity contribution in [1.29, 1.82) is 0 Å². The first-order valence-electron chi connectivity index (χ1n) is 6.23. The van der Waals surface area contributed by atoms with Gasteiger partial charge in [-0.2, -0.15) is 0 Å². The van der Waals surface area contributed by atoms with Gasteiger partial charge in [0.2, 0.25) is 0 Å². The smallest absolute Gasteiger partial charge is 0.405 e. The molecular weight excluding hydrogens is 340 g/mol. The highest BCUT2D eigenvalue weighted by Gasteiger charge is 2.30. The number of amides is 1. The number of aromatic nitrogens is 1. The van der Waals surface area contributed by atoms with Gasteiger partial charge in [-0.3, -0.25) is 0 Å². The lowest BCUT2D eigenvalue weighted by Crippen LogP contribution is -2.47. The van der Waals surface area contributed by atoms with Gasteiger partial charge in [-0.05, 0) is 40.5 Å². The second-order valence-corrected chi connectivity index (χ2v) is 5.57. The molecule has 21 heavy (non-hydrogen) atoms. The zero-order valence-corrected chi connectivity index (χ0v) is 13.2. The lowest BCUT2D eigenvalue weighted by atomic mass is 9.93. The van der Waals surface area contributed by atoms with E-state index < -0.39 is 11.6 Å². The third-order valence-electron chi connectivity index (χ3n) is 3.05. The summed E-state index contributed by atoms with van der Waals surface area (Å²) in [6.45, 7) is 3.57. The molecule has 7 heteroatoms. The summed E-state index contributed by atoms with van der Waals surface area (Å²) in [5.74, 6) is 0.888. The fraction of sp³-hybridized carbons (Fsp3) is 0.286. The number of ether oxygens (including phenoxy) is 1. The maximum Gasteiger partial charge on any atom is 0.405 e. The van der Waals surface area contributed by atoms with Crippen molar-refractivity contribution in [3.8, 4) is 5.88 Å². The van der Waals surface area contributed by atoms with Gasteiger partial charge < -0.3 is 19.7 Å². The number of benzene rings is 1. The second-order valence-electron chi connectivity index (χ2n) is 4.77. The predicted octanol–water partition coefficient (Wildman–Crippen LogP) is 3.31. The number of aryl methyl sites for hydroxylation is 1. The molecule has 1 aromatic heterocycles. The van der Waals surface area contributed by atoms with Crippen LogP contribution in [0.2, 0.25) is 0 Å². The van der Waals surface area contributed by atoms with Crippen LogP contribution in [0.5, 0.6) is 5.88 Å². The Morgan fingerprint density at radius 3 is 2.67 bits per heavy atom. The quantitative estimate of drug-likeness (QED) is 0.860. The molecule has 2 N–H and O–H groups in total. The van der Waals surface area contributed by atoms with E-state index in [2.05, 4.69) is 26.4 Å². The lowest BCUT2D eigenvalue weighted by molar-refractivity contribution is 0.150. The number of nitrogens with one attached hydrogen (secondary N) is 1. The fourth-order valence-electron chi connectivity index (χ4n) is 1.88. The van der Waals surface area contributed by atoms with Crippen LogP contribution >= 0.6 is 15.9 Å². The zero-order valence-electron chi connectivity index (χ0n) is 11.6. The Balaban J connectivity index is 2.21. The first-order valence-corrected chi connectivity index (χ1v) is 7.03. The van der Waals surface area contributed by atoms with Crippen molar-refractivity contribution < 1.29 is 19.2 Å². The molecule has 1 heterocycles. The molecule has 0 radical (unpaired) electrons. The Hall–Kier alpha value is -2.02. The van der Waals surface area contributed by atoms with Gasteiger partial charge in [0.25, 0.3) is 5.88 Å². The Kier molecular flexibility index (Phi) is 4.52. The minimum absolute atomic E-state index is 0.0773. The summed E-state index contributed by atoms with van der Waals surface area (Å²) in [6, 6.07) is 9.22. The molecular formula is C14H15BrN2O4. The van der Waals surface area contributed by atoms with Gasteiger partial charge in [0, 0.05) is 0 Å². The third-order valence-corrected chi connectivity index (χ3v) is 3.95. The molecule has 0 spiro atoms. The van der Waals surface area contributed by atoms with Crippen molar-refractivity contribution >= 4 is 22.0 Å². The molecule has 0 fully saturated rings. The highest BCUT2D eigenvalue weighted by molar-refractivity contribution is 9.10. The van der Waals surface area contributed by atoms with Crippen molar-refractivity contribution in [1.82, 2.24) is 10.5 Å². The van der Waals surface area contributed by atoms with Gasteiger partial charge in [-0.1, -0.05) is 30.3 Å². The van der Waals surface area contributed by atoms with E-state index in [1.807, 2.05) is 30.3 Å². The number of hydrogen-bond donors (Lipinski definition) is 2. The maximum atomic E-state index is 11.1. The van der Waals surface area contributed by atoms with Crippen LogP contribution in [0.25, 0.3) is 0 Å². The molecule has 2 rings (SSSR count). The number of hydrogen-bond acceptors (Lipinski definition) is 4. The van der Waals surface area contributed by atoms with E-state index in [-0.39, 0.29) is 6.61 Å². The van der Waals surface area contributed by atoms with E-state index in [1.165, 1.54) is 0 Å². The fourth-order valence-corrected chi connectivity index (χ4v) is 2.14. The molecule has 1 amide bonds. The Labute approximate surface area is 130 Å². The van der Waals surface area contributed by atoms with Crippen LogP contribution in [0.15, 0.2) is 39.3 Å². The van der Waals surface area contributed by atoms with Crippen molar-refractivity contribution in [2.24, 2.45) is 0 Å². The predicted molar refractivity (Wildman–Crippen MR) is 79.4 cm³/mol. The van der Waals surface area contributed by atoms with Gasteiger partial charge in [0.1, 0.15) is 11.1 Å². The van der Waals surface area contributed by atoms with Gasteiger partial charge >= 0.3 is 6.09 Å². The number of carbonyl (C=O) groups is 1. The van der Waals surface area contributed by atoms with E-state index >= 15 is 0 Å². The molecule has 1 aromatic carbocycles. The summed E-state index contributed by atoms with van der Waals surface area (Å²) in [7, 11) is 0. The average molecular weight is 355 g/mol. The van der Waals surface area contributed by atoms with Crippen LogP contribution in [-0.4, -0.2) is 23.0 Å². The molecule has 1 unspecified atom stereocenters. The molecule has 6 nitrogen and oxygen atoms in total. The van der Waals surface area contributed by atoms with Gasteiger partial charge in [0.05, 0.1) is 5.54 Å². The summed E-state index contributed by atoms with van der Waals surface area (Å²) < 4.78 is 11.2. The van der Waals surface area contributed by atoms with Crippen LogP contribution < -0.4 is 10.1 Å². The average Bonchev–Trinajstić information content (AvgIpc) is 2.77. The normalized spacial score (nSPS) is 13.5. The molecule has 0 aliphatic carbocycles. The SMILES string of the molecule is Cc1onc(OCC(C)(NC(=O)O)c2ccccc2)c1Br. The Morgan fingerprint density at radius 2 is 2.14 bits per heavy atom. The third kappa shape index (κ3) is 3.55. The van der Waals surface area contributed by atoms with E-state index in [0.29, 0.717) is 16.1 Å². The highest BCUT2D eigenvalue weighted by Crippen LogP contribution is 2.29. The van der Waals surface area contributed by atoms with E-state index in [4.69, 9.17) is 14.4 Å². The van der Waals surface area contributed by atoms with Gasteiger partial charge in [-0.15, -0.1) is 0 Å². The number of halogens is 1. The molecule has 1 atom stereocenters. The molecule has 0 aliphatic rings. The zero-order chi connectivity index (χ0) is 15.5. The number of rotatable bonds is 5. The van der Waals surface area contributed by atoms with E-state index in [9.17, 15) is 4.79 Å². The summed E-state index contributed by atoms with van der Waals surface area (Å²) in [5.41, 5.74) is -0.108. The van der Waals surface area contributed by atoms with Crippen LogP contribution in [0, 0.1) is 6.92 Å². The molecule has 0 saturated heterocycles. The molecule has 0 aliphatic heterocycles. The first kappa shape index (κ1) is 15.4. The van der Waals surface area contributed by atoms with E-state index in [0.717, 1.165) is 5.56 Å². The summed E-state index contributed by atoms with van der Waals surface area (Å²) in [4.78, 5) is 11.1. The van der Waals surface area contributed by atoms with Gasteiger partial charge in [0.15, 0.2) is 5.76 Å². The Morgan fingerprint density at radius 1 is 1.48 bits per heavy atom. The number of nitrogens with zero attached hydrogens (tertiary/aromatic N) is 1.